The fourth-order valence-electron chi connectivity index (χ4n) is 1.85. The Hall–Kier alpha value is -2.68. The number of rotatable bonds is 8. The highest BCUT2D eigenvalue weighted by molar-refractivity contribution is 5.97. The van der Waals surface area contributed by atoms with Crippen LogP contribution in [0.1, 0.15) is 19.4 Å². The number of nitriles is 1. The maximum atomic E-state index is 11.9. The molecule has 1 aromatic carbocycles. The van der Waals surface area contributed by atoms with Crippen LogP contribution in [0.25, 0.3) is 0 Å². The van der Waals surface area contributed by atoms with Crippen molar-refractivity contribution in [2.24, 2.45) is 0 Å². The van der Waals surface area contributed by atoms with Gasteiger partial charge in [0.25, 0.3) is 5.91 Å². The van der Waals surface area contributed by atoms with Gasteiger partial charge in [-0.3, -0.25) is 4.79 Å². The summed E-state index contributed by atoms with van der Waals surface area (Å²) in [6.07, 6.45) is 2.07. The first-order chi connectivity index (χ1) is 11.0. The minimum atomic E-state index is -0.388. The Labute approximate surface area is 137 Å². The zero-order chi connectivity index (χ0) is 17.2. The molecule has 6 nitrogen and oxygen atoms in total. The first kappa shape index (κ1) is 18.4. The number of benzene rings is 1. The fraction of sp³-hybridized carbons (Fsp3) is 0.412. The first-order valence-corrected chi connectivity index (χ1v) is 7.37. The zero-order valence-corrected chi connectivity index (χ0v) is 14.0. The monoisotopic (exact) mass is 317 g/mol. The normalized spacial score (nSPS) is 10.9. The molecule has 1 rings (SSSR count). The number of carbonyl (C=O) groups excluding carboxylic acids is 1. The molecule has 0 aliphatic heterocycles. The molecule has 0 heterocycles. The second-order valence-electron chi connectivity index (χ2n) is 5.19. The van der Waals surface area contributed by atoms with Crippen molar-refractivity contribution in [3.63, 3.8) is 0 Å². The van der Waals surface area contributed by atoms with Crippen molar-refractivity contribution in [2.75, 3.05) is 20.8 Å². The van der Waals surface area contributed by atoms with Gasteiger partial charge in [0.2, 0.25) is 0 Å². The third-order valence-corrected chi connectivity index (χ3v) is 3.07. The summed E-state index contributed by atoms with van der Waals surface area (Å²) in [5.74, 6) is 0.922. The molecule has 6 heteroatoms. The van der Waals surface area contributed by atoms with E-state index in [9.17, 15) is 4.79 Å². The van der Waals surface area contributed by atoms with Crippen LogP contribution in [0.15, 0.2) is 30.0 Å². The van der Waals surface area contributed by atoms with Crippen LogP contribution in [0.5, 0.6) is 11.5 Å². The van der Waals surface area contributed by atoms with Gasteiger partial charge in [0.05, 0.1) is 14.2 Å². The molecule has 0 atom stereocenters. The largest absolute Gasteiger partial charge is 0.493 e. The molecule has 0 aromatic heterocycles. The summed E-state index contributed by atoms with van der Waals surface area (Å²) in [6, 6.07) is 7.66. The third-order valence-electron chi connectivity index (χ3n) is 3.07. The van der Waals surface area contributed by atoms with Crippen molar-refractivity contribution >= 4 is 5.91 Å². The van der Waals surface area contributed by atoms with Gasteiger partial charge >= 0.3 is 0 Å². The van der Waals surface area contributed by atoms with E-state index in [1.807, 2.05) is 38.1 Å². The Morgan fingerprint density at radius 2 is 2.00 bits per heavy atom. The molecular formula is C17H23N3O3. The standard InChI is InChI=1S/C17H23N3O3/c1-12(2)20-11-14(10-18)17(21)19-8-7-13-5-6-15(22-3)16(9-13)23-4/h5-6,9,11-12,20H,7-8H2,1-4H3,(H,19,21)/b14-11-. The van der Waals surface area contributed by atoms with Gasteiger partial charge in [-0.05, 0) is 38.0 Å². The van der Waals surface area contributed by atoms with Crippen molar-refractivity contribution in [1.29, 1.82) is 5.26 Å². The molecule has 124 valence electrons. The minimum Gasteiger partial charge on any atom is -0.493 e. The lowest BCUT2D eigenvalue weighted by Gasteiger charge is -2.10. The predicted octanol–water partition coefficient (Wildman–Crippen LogP) is 1.77. The minimum absolute atomic E-state index is 0.0611. The Morgan fingerprint density at radius 3 is 2.57 bits per heavy atom. The molecule has 0 aliphatic rings. The average Bonchev–Trinajstić information content (AvgIpc) is 2.54. The van der Waals surface area contributed by atoms with Crippen LogP contribution < -0.4 is 20.1 Å². The Kier molecular flexibility index (Phi) is 7.48. The highest BCUT2D eigenvalue weighted by atomic mass is 16.5. The van der Waals surface area contributed by atoms with Gasteiger partial charge in [-0.15, -0.1) is 0 Å². The van der Waals surface area contributed by atoms with Crippen LogP contribution in [-0.2, 0) is 11.2 Å². The van der Waals surface area contributed by atoms with Crippen LogP contribution in [0.3, 0.4) is 0 Å². The SMILES string of the molecule is COc1ccc(CCNC(=O)/C(C#N)=C\NC(C)C)cc1OC. The summed E-state index contributed by atoms with van der Waals surface area (Å²) in [7, 11) is 3.16. The molecule has 0 bridgehead atoms. The van der Waals surface area contributed by atoms with E-state index in [4.69, 9.17) is 14.7 Å². The number of amides is 1. The van der Waals surface area contributed by atoms with Gasteiger partial charge in [0, 0.05) is 18.8 Å². The molecule has 1 aromatic rings. The van der Waals surface area contributed by atoms with E-state index in [0.717, 1.165) is 5.56 Å². The first-order valence-electron chi connectivity index (χ1n) is 7.37. The summed E-state index contributed by atoms with van der Waals surface area (Å²) in [5, 5.41) is 14.7. The summed E-state index contributed by atoms with van der Waals surface area (Å²) < 4.78 is 10.4. The van der Waals surface area contributed by atoms with E-state index in [1.165, 1.54) is 6.20 Å². The summed E-state index contributed by atoms with van der Waals surface area (Å²) in [5.41, 5.74) is 1.07. The average molecular weight is 317 g/mol. The molecule has 0 aliphatic carbocycles. The van der Waals surface area contributed by atoms with Gasteiger partial charge < -0.3 is 20.1 Å². The maximum Gasteiger partial charge on any atom is 0.263 e. The number of ether oxygens (including phenoxy) is 2. The number of methoxy groups -OCH3 is 2. The second kappa shape index (κ2) is 9.36. The lowest BCUT2D eigenvalue weighted by atomic mass is 10.1. The lowest BCUT2D eigenvalue weighted by Crippen LogP contribution is -2.28. The van der Waals surface area contributed by atoms with E-state index in [0.29, 0.717) is 24.5 Å². The van der Waals surface area contributed by atoms with Crippen molar-refractivity contribution in [3.8, 4) is 17.6 Å². The van der Waals surface area contributed by atoms with Crippen molar-refractivity contribution in [1.82, 2.24) is 10.6 Å². The number of nitrogens with one attached hydrogen (secondary N) is 2. The van der Waals surface area contributed by atoms with Gasteiger partial charge in [-0.1, -0.05) is 6.07 Å². The number of nitrogens with zero attached hydrogens (tertiary/aromatic N) is 1. The van der Waals surface area contributed by atoms with Crippen LogP contribution in [0, 0.1) is 11.3 Å². The van der Waals surface area contributed by atoms with Crippen molar-refractivity contribution in [3.05, 3.63) is 35.5 Å². The molecule has 23 heavy (non-hydrogen) atoms. The van der Waals surface area contributed by atoms with Crippen LogP contribution in [-0.4, -0.2) is 32.7 Å². The molecule has 2 N–H and O–H groups in total. The van der Waals surface area contributed by atoms with Crippen molar-refractivity contribution in [2.45, 2.75) is 26.3 Å². The number of hydrogen-bond acceptors (Lipinski definition) is 5. The summed E-state index contributed by atoms with van der Waals surface area (Å²) >= 11 is 0. The topological polar surface area (TPSA) is 83.4 Å². The van der Waals surface area contributed by atoms with Gasteiger partial charge in [0.1, 0.15) is 11.6 Å². The zero-order valence-electron chi connectivity index (χ0n) is 14.0. The van der Waals surface area contributed by atoms with E-state index >= 15 is 0 Å². The highest BCUT2D eigenvalue weighted by Crippen LogP contribution is 2.27. The molecule has 1 amide bonds. The molecule has 0 radical (unpaired) electrons. The van der Waals surface area contributed by atoms with Crippen LogP contribution in [0.2, 0.25) is 0 Å². The van der Waals surface area contributed by atoms with Gasteiger partial charge in [-0.2, -0.15) is 5.26 Å². The van der Waals surface area contributed by atoms with Crippen molar-refractivity contribution < 1.29 is 14.3 Å². The van der Waals surface area contributed by atoms with E-state index in [2.05, 4.69) is 10.6 Å². The second-order valence-corrected chi connectivity index (χ2v) is 5.19. The molecule has 0 saturated heterocycles. The van der Waals surface area contributed by atoms with E-state index in [1.54, 1.807) is 14.2 Å². The quantitative estimate of drug-likeness (QED) is 0.564. The highest BCUT2D eigenvalue weighted by Gasteiger charge is 2.09. The Bertz CT molecular complexity index is 604. The Balaban J connectivity index is 2.58. The summed E-state index contributed by atoms with van der Waals surface area (Å²) in [6.45, 7) is 4.29. The molecule has 0 spiro atoms. The smallest absolute Gasteiger partial charge is 0.263 e. The predicted molar refractivity (Wildman–Crippen MR) is 88.2 cm³/mol. The maximum absolute atomic E-state index is 11.9. The molecule has 0 fully saturated rings. The third kappa shape index (κ3) is 5.91. The van der Waals surface area contributed by atoms with E-state index < -0.39 is 0 Å². The van der Waals surface area contributed by atoms with Crippen LogP contribution in [0.4, 0.5) is 0 Å². The molecule has 0 unspecified atom stereocenters. The molecular weight excluding hydrogens is 294 g/mol. The number of carbonyl (C=O) groups is 1. The number of hydrogen-bond donors (Lipinski definition) is 2. The molecule has 0 saturated carbocycles. The van der Waals surface area contributed by atoms with Gasteiger partial charge in [0.15, 0.2) is 11.5 Å². The Morgan fingerprint density at radius 1 is 1.30 bits per heavy atom. The lowest BCUT2D eigenvalue weighted by molar-refractivity contribution is -0.117. The van der Waals surface area contributed by atoms with Crippen LogP contribution >= 0.6 is 0 Å². The summed E-state index contributed by atoms with van der Waals surface area (Å²) in [4.78, 5) is 11.9. The van der Waals surface area contributed by atoms with E-state index in [-0.39, 0.29) is 17.5 Å². The van der Waals surface area contributed by atoms with Gasteiger partial charge in [-0.25, -0.2) is 0 Å². The fourth-order valence-corrected chi connectivity index (χ4v) is 1.85.